The number of methoxy groups -OCH3 is 1. The predicted octanol–water partition coefficient (Wildman–Crippen LogP) is 4.28. The summed E-state index contributed by atoms with van der Waals surface area (Å²) in [5.74, 6) is -0.780. The van der Waals surface area contributed by atoms with E-state index in [1.54, 1.807) is 32.2 Å². The third-order valence-electron chi connectivity index (χ3n) is 4.30. The highest BCUT2D eigenvalue weighted by atomic mass is 35.5. The molecule has 2 aromatic rings. The van der Waals surface area contributed by atoms with Crippen LogP contribution in [0.1, 0.15) is 57.4 Å². The lowest BCUT2D eigenvalue weighted by molar-refractivity contribution is 0.0934. The molecule has 0 saturated heterocycles. The van der Waals surface area contributed by atoms with Crippen molar-refractivity contribution >= 4 is 29.1 Å². The molecule has 2 rings (SSSR count). The lowest BCUT2D eigenvalue weighted by atomic mass is 10.1. The first-order valence-electron chi connectivity index (χ1n) is 9.23. The van der Waals surface area contributed by atoms with Crippen LogP contribution in [0.3, 0.4) is 0 Å². The fraction of sp³-hybridized carbons (Fsp3) is 0.381. The normalized spacial score (nSPS) is 10.6. The number of pyridine rings is 1. The minimum Gasteiger partial charge on any atom is -0.380 e. The molecule has 0 spiro atoms. The second-order valence-electron chi connectivity index (χ2n) is 6.56. The minimum absolute atomic E-state index is 0.113. The van der Waals surface area contributed by atoms with Gasteiger partial charge in [-0.3, -0.25) is 9.59 Å². The third-order valence-corrected chi connectivity index (χ3v) is 4.66. The summed E-state index contributed by atoms with van der Waals surface area (Å²) < 4.78 is 5.21. The Morgan fingerprint density at radius 2 is 1.89 bits per heavy atom. The van der Waals surface area contributed by atoms with Crippen LogP contribution in [0.15, 0.2) is 24.3 Å². The van der Waals surface area contributed by atoms with E-state index in [1.807, 2.05) is 19.9 Å². The van der Waals surface area contributed by atoms with Gasteiger partial charge in [0.15, 0.2) is 0 Å². The van der Waals surface area contributed by atoms with Crippen LogP contribution in [0, 0.1) is 13.8 Å². The van der Waals surface area contributed by atoms with E-state index in [2.05, 4.69) is 15.6 Å². The molecule has 28 heavy (non-hydrogen) atoms. The Kier molecular flexibility index (Phi) is 7.96. The van der Waals surface area contributed by atoms with E-state index in [0.29, 0.717) is 28.5 Å². The van der Waals surface area contributed by atoms with Crippen molar-refractivity contribution < 1.29 is 14.3 Å². The SMILES string of the molecule is CCCCNC(=O)c1nc(C)ccc1C(=O)Nc1c(C)ccc(Cl)c1COC. The summed E-state index contributed by atoms with van der Waals surface area (Å²) in [6.07, 6.45) is 1.83. The van der Waals surface area contributed by atoms with Crippen molar-refractivity contribution in [1.82, 2.24) is 10.3 Å². The summed E-state index contributed by atoms with van der Waals surface area (Å²) in [6, 6.07) is 6.91. The highest BCUT2D eigenvalue weighted by Gasteiger charge is 2.21. The topological polar surface area (TPSA) is 80.3 Å². The molecule has 2 N–H and O–H groups in total. The van der Waals surface area contributed by atoms with Crippen LogP contribution in [0.5, 0.6) is 0 Å². The third kappa shape index (κ3) is 5.30. The molecule has 1 aromatic carbocycles. The molecular formula is C21H26ClN3O3. The van der Waals surface area contributed by atoms with Gasteiger partial charge >= 0.3 is 0 Å². The Morgan fingerprint density at radius 3 is 2.57 bits per heavy atom. The molecule has 0 bridgehead atoms. The predicted molar refractivity (Wildman–Crippen MR) is 111 cm³/mol. The highest BCUT2D eigenvalue weighted by molar-refractivity contribution is 6.32. The monoisotopic (exact) mass is 403 g/mol. The van der Waals surface area contributed by atoms with Crippen LogP contribution in [0.4, 0.5) is 5.69 Å². The van der Waals surface area contributed by atoms with Gasteiger partial charge < -0.3 is 15.4 Å². The fourth-order valence-electron chi connectivity index (χ4n) is 2.76. The summed E-state index contributed by atoms with van der Waals surface area (Å²) in [7, 11) is 1.56. The number of hydrogen-bond donors (Lipinski definition) is 2. The van der Waals surface area contributed by atoms with Crippen LogP contribution in [0.2, 0.25) is 5.02 Å². The van der Waals surface area contributed by atoms with Crippen LogP contribution < -0.4 is 10.6 Å². The van der Waals surface area contributed by atoms with E-state index < -0.39 is 5.91 Å². The first kappa shape index (κ1) is 21.9. The molecular weight excluding hydrogens is 378 g/mol. The molecule has 0 atom stereocenters. The summed E-state index contributed by atoms with van der Waals surface area (Å²) >= 11 is 6.28. The van der Waals surface area contributed by atoms with Gasteiger partial charge in [0.05, 0.1) is 17.9 Å². The lowest BCUT2D eigenvalue weighted by Gasteiger charge is -2.16. The smallest absolute Gasteiger partial charge is 0.270 e. The molecule has 1 aromatic heterocycles. The molecule has 7 heteroatoms. The Bertz CT molecular complexity index is 868. The molecule has 0 aliphatic carbocycles. The van der Waals surface area contributed by atoms with E-state index in [-0.39, 0.29) is 23.8 Å². The van der Waals surface area contributed by atoms with E-state index in [0.717, 1.165) is 18.4 Å². The number of aromatic nitrogens is 1. The molecule has 150 valence electrons. The van der Waals surface area contributed by atoms with Gasteiger partial charge in [-0.05, 0) is 44.0 Å². The maximum atomic E-state index is 13.0. The number of carbonyl (C=O) groups excluding carboxylic acids is 2. The summed E-state index contributed by atoms with van der Waals surface area (Å²) in [5.41, 5.74) is 3.10. The zero-order chi connectivity index (χ0) is 20.7. The maximum absolute atomic E-state index is 13.0. The van der Waals surface area contributed by atoms with Gasteiger partial charge in [-0.2, -0.15) is 0 Å². The van der Waals surface area contributed by atoms with E-state index in [4.69, 9.17) is 16.3 Å². The number of nitrogens with zero attached hydrogens (tertiary/aromatic N) is 1. The van der Waals surface area contributed by atoms with Crippen molar-refractivity contribution in [3.63, 3.8) is 0 Å². The molecule has 1 heterocycles. The van der Waals surface area contributed by atoms with Gasteiger partial charge in [0.25, 0.3) is 11.8 Å². The van der Waals surface area contributed by atoms with E-state index >= 15 is 0 Å². The van der Waals surface area contributed by atoms with Gasteiger partial charge in [-0.1, -0.05) is 31.0 Å². The number of amides is 2. The zero-order valence-electron chi connectivity index (χ0n) is 16.7. The summed E-state index contributed by atoms with van der Waals surface area (Å²) in [5, 5.41) is 6.20. The number of carbonyl (C=O) groups is 2. The van der Waals surface area contributed by atoms with Crippen molar-refractivity contribution in [1.29, 1.82) is 0 Å². The number of nitrogens with one attached hydrogen (secondary N) is 2. The van der Waals surface area contributed by atoms with Gasteiger partial charge in [0.2, 0.25) is 0 Å². The van der Waals surface area contributed by atoms with Gasteiger partial charge in [0, 0.05) is 29.9 Å². The number of halogens is 1. The molecule has 0 aliphatic heterocycles. The number of hydrogen-bond acceptors (Lipinski definition) is 4. The van der Waals surface area contributed by atoms with Crippen molar-refractivity contribution in [2.75, 3.05) is 19.0 Å². The number of anilines is 1. The Hall–Kier alpha value is -2.44. The molecule has 0 aliphatic rings. The van der Waals surface area contributed by atoms with Crippen LogP contribution in [-0.4, -0.2) is 30.5 Å². The van der Waals surface area contributed by atoms with Gasteiger partial charge in [0.1, 0.15) is 5.69 Å². The van der Waals surface area contributed by atoms with E-state index in [9.17, 15) is 9.59 Å². The summed E-state index contributed by atoms with van der Waals surface area (Å²) in [6.45, 7) is 6.49. The van der Waals surface area contributed by atoms with Crippen molar-refractivity contribution in [2.24, 2.45) is 0 Å². The number of rotatable bonds is 8. The number of benzene rings is 1. The van der Waals surface area contributed by atoms with Crippen molar-refractivity contribution in [2.45, 2.75) is 40.2 Å². The standard InChI is InChI=1S/C21H26ClN3O3/c1-5-6-11-23-21(27)19-15(9-8-14(3)24-19)20(26)25-18-13(2)7-10-17(22)16(18)12-28-4/h7-10H,5-6,11-12H2,1-4H3,(H,23,27)(H,25,26). The highest BCUT2D eigenvalue weighted by Crippen LogP contribution is 2.29. The number of aryl methyl sites for hydroxylation is 2. The molecule has 0 saturated carbocycles. The average Bonchev–Trinajstić information content (AvgIpc) is 2.67. The molecule has 0 fully saturated rings. The Morgan fingerprint density at radius 1 is 1.14 bits per heavy atom. The van der Waals surface area contributed by atoms with Crippen LogP contribution in [0.25, 0.3) is 0 Å². The Balaban J connectivity index is 2.35. The van der Waals surface area contributed by atoms with Crippen molar-refractivity contribution in [3.05, 3.63) is 57.4 Å². The largest absolute Gasteiger partial charge is 0.380 e. The quantitative estimate of drug-likeness (QED) is 0.644. The van der Waals surface area contributed by atoms with Gasteiger partial charge in [-0.25, -0.2) is 4.98 Å². The van der Waals surface area contributed by atoms with Crippen LogP contribution >= 0.6 is 11.6 Å². The van der Waals surface area contributed by atoms with Gasteiger partial charge in [-0.15, -0.1) is 0 Å². The van der Waals surface area contributed by atoms with Crippen LogP contribution in [-0.2, 0) is 11.3 Å². The first-order valence-corrected chi connectivity index (χ1v) is 9.60. The zero-order valence-corrected chi connectivity index (χ0v) is 17.4. The molecule has 2 amide bonds. The van der Waals surface area contributed by atoms with E-state index in [1.165, 1.54) is 0 Å². The van der Waals surface area contributed by atoms with Crippen molar-refractivity contribution in [3.8, 4) is 0 Å². The summed E-state index contributed by atoms with van der Waals surface area (Å²) in [4.78, 5) is 29.8. The lowest BCUT2D eigenvalue weighted by Crippen LogP contribution is -2.29. The molecule has 6 nitrogen and oxygen atoms in total. The second-order valence-corrected chi connectivity index (χ2v) is 6.97. The average molecular weight is 404 g/mol. The molecule has 0 unspecified atom stereocenters. The Labute approximate surface area is 170 Å². The minimum atomic E-state index is -0.420. The maximum Gasteiger partial charge on any atom is 0.270 e. The second kappa shape index (κ2) is 10.2. The fourth-order valence-corrected chi connectivity index (χ4v) is 2.97. The number of ether oxygens (including phenoxy) is 1. The number of unbranched alkanes of at least 4 members (excludes halogenated alkanes) is 1. The first-order chi connectivity index (χ1) is 13.4. The molecule has 0 radical (unpaired) electrons.